The zero-order chi connectivity index (χ0) is 19.3. The van der Waals surface area contributed by atoms with Crippen molar-refractivity contribution in [2.45, 2.75) is 25.9 Å². The summed E-state index contributed by atoms with van der Waals surface area (Å²) in [6.07, 6.45) is -2.26. The molecule has 1 heterocycles. The third-order valence-electron chi connectivity index (χ3n) is 3.66. The van der Waals surface area contributed by atoms with Crippen molar-refractivity contribution < 1.29 is 27.9 Å². The second-order valence-electron chi connectivity index (χ2n) is 5.63. The van der Waals surface area contributed by atoms with E-state index in [0.29, 0.717) is 12.8 Å². The van der Waals surface area contributed by atoms with Crippen LogP contribution in [0.4, 0.5) is 13.2 Å². The van der Waals surface area contributed by atoms with Gasteiger partial charge in [-0.15, -0.1) is 5.10 Å². The summed E-state index contributed by atoms with van der Waals surface area (Å²) in [5.41, 5.74) is -0.871. The smallest absolute Gasteiger partial charge is 0.416 e. The summed E-state index contributed by atoms with van der Waals surface area (Å²) in [6, 6.07) is 4.43. The average Bonchev–Trinajstić information content (AvgIpc) is 3.07. The Balaban J connectivity index is 2.10. The number of benzene rings is 1. The third kappa shape index (κ3) is 4.80. The maximum absolute atomic E-state index is 12.8. The predicted molar refractivity (Wildman–Crippen MR) is 84.7 cm³/mol. The topological polar surface area (TPSA) is 97.1 Å². The molecule has 0 aliphatic rings. The van der Waals surface area contributed by atoms with Crippen molar-refractivity contribution >= 4 is 11.9 Å². The largest absolute Gasteiger partial charge is 0.481 e. The Morgan fingerprint density at radius 2 is 2.08 bits per heavy atom. The quantitative estimate of drug-likeness (QED) is 0.781. The molecule has 2 rings (SSSR count). The molecule has 1 amide bonds. The van der Waals surface area contributed by atoms with Crippen molar-refractivity contribution in [3.8, 4) is 5.69 Å². The van der Waals surface area contributed by atoms with Crippen LogP contribution in [0.15, 0.2) is 30.5 Å². The minimum Gasteiger partial charge on any atom is -0.481 e. The van der Waals surface area contributed by atoms with Gasteiger partial charge in [0.05, 0.1) is 23.4 Å². The van der Waals surface area contributed by atoms with Gasteiger partial charge < -0.3 is 10.4 Å². The number of nitrogens with one attached hydrogen (secondary N) is 1. The number of halogens is 3. The molecule has 0 saturated carbocycles. The van der Waals surface area contributed by atoms with Crippen LogP contribution in [-0.4, -0.2) is 38.5 Å². The van der Waals surface area contributed by atoms with Crippen LogP contribution >= 0.6 is 0 Å². The molecule has 140 valence electrons. The summed E-state index contributed by atoms with van der Waals surface area (Å²) < 4.78 is 39.3. The lowest BCUT2D eigenvalue weighted by Gasteiger charge is -2.11. The normalized spacial score (nSPS) is 12.6. The van der Waals surface area contributed by atoms with Crippen molar-refractivity contribution in [2.75, 3.05) is 6.54 Å². The third-order valence-corrected chi connectivity index (χ3v) is 3.66. The monoisotopic (exact) mass is 370 g/mol. The van der Waals surface area contributed by atoms with E-state index in [4.69, 9.17) is 5.11 Å². The average molecular weight is 370 g/mol. The van der Waals surface area contributed by atoms with Gasteiger partial charge >= 0.3 is 12.1 Å². The second-order valence-corrected chi connectivity index (χ2v) is 5.63. The first kappa shape index (κ1) is 19.4. The SMILES string of the molecule is CCCC(CNC(=O)c1cn(-c2cccc(C(F)(F)F)c2)nn1)C(=O)O. The summed E-state index contributed by atoms with van der Waals surface area (Å²) in [5, 5.41) is 18.8. The first-order chi connectivity index (χ1) is 12.2. The van der Waals surface area contributed by atoms with Gasteiger partial charge in [-0.3, -0.25) is 9.59 Å². The molecule has 1 aromatic heterocycles. The van der Waals surface area contributed by atoms with Gasteiger partial charge in [-0.1, -0.05) is 24.6 Å². The van der Waals surface area contributed by atoms with Gasteiger partial charge in [-0.2, -0.15) is 13.2 Å². The molecule has 2 aromatic rings. The first-order valence-electron chi connectivity index (χ1n) is 7.83. The van der Waals surface area contributed by atoms with Crippen LogP contribution in [-0.2, 0) is 11.0 Å². The Labute approximate surface area is 146 Å². The fourth-order valence-corrected chi connectivity index (χ4v) is 2.29. The number of hydrogen-bond acceptors (Lipinski definition) is 4. The second kappa shape index (κ2) is 7.98. The van der Waals surface area contributed by atoms with Crippen molar-refractivity contribution in [3.05, 3.63) is 41.7 Å². The standard InChI is InChI=1S/C16H17F3N4O3/c1-2-4-10(15(25)26)8-20-14(24)13-9-23(22-21-13)12-6-3-5-11(7-12)16(17,18)19/h3,5-7,9-10H,2,4,8H2,1H3,(H,20,24)(H,25,26). The van der Waals surface area contributed by atoms with Gasteiger partial charge in [0.25, 0.3) is 5.91 Å². The Kier molecular flexibility index (Phi) is 5.96. The molecule has 1 aromatic carbocycles. The molecule has 1 atom stereocenters. The lowest BCUT2D eigenvalue weighted by Crippen LogP contribution is -2.33. The lowest BCUT2D eigenvalue weighted by molar-refractivity contribution is -0.141. The van der Waals surface area contributed by atoms with Crippen LogP contribution in [0.2, 0.25) is 0 Å². The zero-order valence-electron chi connectivity index (χ0n) is 13.8. The van der Waals surface area contributed by atoms with E-state index < -0.39 is 29.5 Å². The number of rotatable bonds is 7. The van der Waals surface area contributed by atoms with E-state index in [0.717, 1.165) is 16.8 Å². The highest BCUT2D eigenvalue weighted by Gasteiger charge is 2.30. The number of nitrogens with zero attached hydrogens (tertiary/aromatic N) is 3. The molecule has 0 aliphatic heterocycles. The van der Waals surface area contributed by atoms with Gasteiger partial charge in [0, 0.05) is 6.54 Å². The summed E-state index contributed by atoms with van der Waals surface area (Å²) in [4.78, 5) is 23.1. The molecule has 0 fully saturated rings. The Bertz CT molecular complexity index is 789. The van der Waals surface area contributed by atoms with Gasteiger partial charge in [-0.25, -0.2) is 4.68 Å². The van der Waals surface area contributed by atoms with E-state index in [1.807, 2.05) is 6.92 Å². The molecule has 0 aliphatic carbocycles. The minimum absolute atomic E-state index is 0.0710. The van der Waals surface area contributed by atoms with E-state index >= 15 is 0 Å². The van der Waals surface area contributed by atoms with Crippen molar-refractivity contribution in [3.63, 3.8) is 0 Å². The van der Waals surface area contributed by atoms with E-state index in [2.05, 4.69) is 15.6 Å². The molecule has 26 heavy (non-hydrogen) atoms. The van der Waals surface area contributed by atoms with E-state index in [-0.39, 0.29) is 17.9 Å². The predicted octanol–water partition coefficient (Wildman–Crippen LogP) is 2.52. The number of aliphatic carboxylic acids is 1. The van der Waals surface area contributed by atoms with Gasteiger partial charge in [0.1, 0.15) is 0 Å². The van der Waals surface area contributed by atoms with Crippen LogP contribution < -0.4 is 5.32 Å². The maximum atomic E-state index is 12.8. The number of carbonyl (C=O) groups is 2. The summed E-state index contributed by atoms with van der Waals surface area (Å²) >= 11 is 0. The zero-order valence-corrected chi connectivity index (χ0v) is 13.8. The number of hydrogen-bond donors (Lipinski definition) is 2. The highest BCUT2D eigenvalue weighted by molar-refractivity contribution is 5.92. The summed E-state index contributed by atoms with van der Waals surface area (Å²) in [6.45, 7) is 1.76. The molecule has 0 spiro atoms. The molecule has 0 bridgehead atoms. The van der Waals surface area contributed by atoms with Gasteiger partial charge in [0.2, 0.25) is 0 Å². The molecule has 0 saturated heterocycles. The molecule has 10 heteroatoms. The number of carbonyl (C=O) groups excluding carboxylic acids is 1. The highest BCUT2D eigenvalue weighted by atomic mass is 19.4. The fourth-order valence-electron chi connectivity index (χ4n) is 2.29. The Morgan fingerprint density at radius 1 is 1.35 bits per heavy atom. The van der Waals surface area contributed by atoms with Crippen molar-refractivity contribution in [2.24, 2.45) is 5.92 Å². The van der Waals surface area contributed by atoms with Crippen LogP contribution in [0.5, 0.6) is 0 Å². The molecular weight excluding hydrogens is 353 g/mol. The number of carboxylic acid groups (broad SMARTS) is 1. The van der Waals surface area contributed by atoms with E-state index in [1.165, 1.54) is 18.3 Å². The minimum atomic E-state index is -4.50. The molecule has 7 nitrogen and oxygen atoms in total. The summed E-state index contributed by atoms with van der Waals surface area (Å²) in [5.74, 6) is -2.38. The molecule has 2 N–H and O–H groups in total. The van der Waals surface area contributed by atoms with Crippen LogP contribution in [0.3, 0.4) is 0 Å². The molecule has 0 radical (unpaired) electrons. The number of carboxylic acids is 1. The Hall–Kier alpha value is -2.91. The number of amides is 1. The van der Waals surface area contributed by atoms with Gasteiger partial charge in [0.15, 0.2) is 5.69 Å². The summed E-state index contributed by atoms with van der Waals surface area (Å²) in [7, 11) is 0. The van der Waals surface area contributed by atoms with Crippen molar-refractivity contribution in [1.29, 1.82) is 0 Å². The molecular formula is C16H17F3N4O3. The number of aromatic nitrogens is 3. The Morgan fingerprint density at radius 3 is 2.69 bits per heavy atom. The van der Waals surface area contributed by atoms with Crippen LogP contribution in [0, 0.1) is 5.92 Å². The van der Waals surface area contributed by atoms with Crippen LogP contribution in [0.1, 0.15) is 35.8 Å². The van der Waals surface area contributed by atoms with Gasteiger partial charge in [-0.05, 0) is 24.6 Å². The highest BCUT2D eigenvalue weighted by Crippen LogP contribution is 2.30. The fraction of sp³-hybridized carbons (Fsp3) is 0.375. The first-order valence-corrected chi connectivity index (χ1v) is 7.83. The lowest BCUT2D eigenvalue weighted by atomic mass is 10.0. The molecule has 1 unspecified atom stereocenters. The number of alkyl halides is 3. The maximum Gasteiger partial charge on any atom is 0.416 e. The van der Waals surface area contributed by atoms with Crippen LogP contribution in [0.25, 0.3) is 5.69 Å². The van der Waals surface area contributed by atoms with E-state index in [9.17, 15) is 22.8 Å². The van der Waals surface area contributed by atoms with E-state index in [1.54, 1.807) is 0 Å². The van der Waals surface area contributed by atoms with Crippen molar-refractivity contribution in [1.82, 2.24) is 20.3 Å².